The van der Waals surface area contributed by atoms with Gasteiger partial charge in [-0.15, -0.1) is 0 Å². The van der Waals surface area contributed by atoms with Crippen LogP contribution in [-0.2, 0) is 11.3 Å². The number of carbonyl (C=O) groups is 3. The number of nitrogens with one attached hydrogen (secondary N) is 2. The lowest BCUT2D eigenvalue weighted by atomic mass is 10.0. The molecule has 0 radical (unpaired) electrons. The molecule has 0 aromatic heterocycles. The van der Waals surface area contributed by atoms with Gasteiger partial charge in [0.05, 0.1) is 41.7 Å². The number of anilines is 2. The first-order valence-corrected chi connectivity index (χ1v) is 17.9. The average molecular weight is 711 g/mol. The molecule has 5 rings (SSSR count). The minimum atomic E-state index is -0.962. The number of fused-ring (bicyclic) bond motifs is 2. The van der Waals surface area contributed by atoms with E-state index in [1.54, 1.807) is 42.2 Å². The molecule has 52 heavy (non-hydrogen) atoms. The second kappa shape index (κ2) is 18.0. The van der Waals surface area contributed by atoms with Gasteiger partial charge in [-0.25, -0.2) is 9.59 Å². The zero-order chi connectivity index (χ0) is 37.2. The molecule has 1 aliphatic rings. The number of aliphatic hydroxyl groups excluding tert-OH is 1. The second-order valence-corrected chi connectivity index (χ2v) is 13.8. The number of carboxylic acids is 1. The Morgan fingerprint density at radius 1 is 0.981 bits per heavy atom. The largest absolute Gasteiger partial charge is 0.490 e. The Bertz CT molecular complexity index is 1830. The Morgan fingerprint density at radius 3 is 2.48 bits per heavy atom. The molecule has 0 unspecified atom stereocenters. The number of rotatable bonds is 9. The van der Waals surface area contributed by atoms with E-state index in [0.717, 1.165) is 35.6 Å². The molecule has 1 heterocycles. The number of nitrogens with zero attached hydrogens (tertiary/aromatic N) is 2. The Labute approximate surface area is 305 Å². The molecule has 4 aromatic rings. The zero-order valence-electron chi connectivity index (χ0n) is 30.4. The van der Waals surface area contributed by atoms with Crippen molar-refractivity contribution in [2.75, 3.05) is 44.0 Å². The number of urea groups is 1. The molecule has 0 spiro atoms. The van der Waals surface area contributed by atoms with Gasteiger partial charge in [-0.3, -0.25) is 9.69 Å². The van der Waals surface area contributed by atoms with Gasteiger partial charge in [0.2, 0.25) is 0 Å². The highest BCUT2D eigenvalue weighted by molar-refractivity contribution is 6.07. The Morgan fingerprint density at radius 2 is 1.73 bits per heavy atom. The van der Waals surface area contributed by atoms with E-state index in [4.69, 9.17) is 9.47 Å². The lowest BCUT2D eigenvalue weighted by molar-refractivity contribution is -0.0177. The standard InChI is InChI=1S/C41H50N4O7/c1-27-23-45(28(2)26-46)39(47)35-22-33(42-41(50)43-36-14-9-12-31-11-5-6-13-34(31)36)19-20-37(35)52-29(3)10-7-8-21-51-38(27)25-44(4)24-30-15-17-32(18-16-30)40(48)49/h5-6,9,11-20,22,27-29,38,46H,7-8,10,21,23-26H2,1-4H3,(H,48,49)(H2,42,43,50)/t27-,28-,29-,38+/m1/s1. The van der Waals surface area contributed by atoms with Crippen LogP contribution in [0.1, 0.15) is 66.3 Å². The molecular formula is C41H50N4O7. The smallest absolute Gasteiger partial charge is 0.335 e. The number of hydrogen-bond acceptors (Lipinski definition) is 7. The van der Waals surface area contributed by atoms with Crippen molar-refractivity contribution in [3.05, 3.63) is 102 Å². The van der Waals surface area contributed by atoms with Crippen molar-refractivity contribution in [3.8, 4) is 5.75 Å². The summed E-state index contributed by atoms with van der Waals surface area (Å²) in [4.78, 5) is 42.8. The third kappa shape index (κ3) is 10.1. The van der Waals surface area contributed by atoms with Crippen molar-refractivity contribution in [3.63, 3.8) is 0 Å². The summed E-state index contributed by atoms with van der Waals surface area (Å²) in [5, 5.41) is 27.3. The summed E-state index contributed by atoms with van der Waals surface area (Å²) in [6.45, 7) is 7.61. The number of likely N-dealkylation sites (N-methyl/N-ethyl adjacent to an activating group) is 1. The van der Waals surface area contributed by atoms with Gasteiger partial charge in [0, 0.05) is 43.2 Å². The van der Waals surface area contributed by atoms with Crippen LogP contribution in [-0.4, -0.2) is 89.5 Å². The number of ether oxygens (including phenoxy) is 2. The summed E-state index contributed by atoms with van der Waals surface area (Å²) in [6.07, 6.45) is 2.06. The fourth-order valence-electron chi connectivity index (χ4n) is 6.52. The number of carboxylic acid groups (broad SMARTS) is 1. The van der Waals surface area contributed by atoms with E-state index in [1.807, 2.05) is 75.5 Å². The lowest BCUT2D eigenvalue weighted by Crippen LogP contribution is -2.47. The number of benzene rings is 4. The normalized spacial score (nSPS) is 19.3. The van der Waals surface area contributed by atoms with Crippen LogP contribution in [0.15, 0.2) is 84.9 Å². The summed E-state index contributed by atoms with van der Waals surface area (Å²) < 4.78 is 12.8. The molecule has 0 aliphatic carbocycles. The molecule has 0 saturated carbocycles. The van der Waals surface area contributed by atoms with Gasteiger partial charge in [-0.1, -0.05) is 55.5 Å². The first-order chi connectivity index (χ1) is 25.0. The van der Waals surface area contributed by atoms with Gasteiger partial charge < -0.3 is 35.2 Å². The quantitative estimate of drug-likeness (QED) is 0.144. The first-order valence-electron chi connectivity index (χ1n) is 17.9. The number of hydrogen-bond donors (Lipinski definition) is 4. The molecule has 1 aliphatic heterocycles. The zero-order valence-corrected chi connectivity index (χ0v) is 30.4. The van der Waals surface area contributed by atoms with E-state index >= 15 is 0 Å². The van der Waals surface area contributed by atoms with Crippen LogP contribution in [0.5, 0.6) is 5.75 Å². The minimum Gasteiger partial charge on any atom is -0.490 e. The molecule has 4 atom stereocenters. The van der Waals surface area contributed by atoms with Crippen molar-refractivity contribution >= 4 is 40.1 Å². The molecule has 0 saturated heterocycles. The van der Waals surface area contributed by atoms with E-state index < -0.39 is 18.0 Å². The van der Waals surface area contributed by atoms with E-state index in [1.165, 1.54) is 0 Å². The molecule has 4 N–H and O–H groups in total. The Balaban J connectivity index is 1.37. The summed E-state index contributed by atoms with van der Waals surface area (Å²) in [5.41, 5.74) is 2.60. The van der Waals surface area contributed by atoms with Crippen LogP contribution in [0.3, 0.4) is 0 Å². The number of carbonyl (C=O) groups excluding carboxylic acids is 2. The third-order valence-corrected chi connectivity index (χ3v) is 9.49. The summed E-state index contributed by atoms with van der Waals surface area (Å²) in [7, 11) is 1.99. The molecule has 4 aromatic carbocycles. The van der Waals surface area contributed by atoms with Crippen molar-refractivity contribution in [1.82, 2.24) is 9.80 Å². The maximum absolute atomic E-state index is 14.5. The summed E-state index contributed by atoms with van der Waals surface area (Å²) in [6, 6.07) is 24.5. The van der Waals surface area contributed by atoms with E-state index in [0.29, 0.717) is 48.9 Å². The third-order valence-electron chi connectivity index (χ3n) is 9.49. The molecule has 0 fully saturated rings. The van der Waals surface area contributed by atoms with Crippen LogP contribution in [0.2, 0.25) is 0 Å². The van der Waals surface area contributed by atoms with Crippen molar-refractivity contribution in [2.45, 2.75) is 64.8 Å². The minimum absolute atomic E-state index is 0.117. The molecule has 11 nitrogen and oxygen atoms in total. The SMILES string of the molecule is C[C@@H]1CCCCO[C@@H](CN(C)Cc2ccc(C(=O)O)cc2)[C@H](C)CN([C@H](C)CO)C(=O)c2cc(NC(=O)Nc3cccc4ccccc34)ccc2O1. The predicted molar refractivity (Wildman–Crippen MR) is 203 cm³/mol. The second-order valence-electron chi connectivity index (χ2n) is 13.8. The van der Waals surface area contributed by atoms with Crippen LogP contribution >= 0.6 is 0 Å². The van der Waals surface area contributed by atoms with Crippen LogP contribution in [0, 0.1) is 5.92 Å². The van der Waals surface area contributed by atoms with Gasteiger partial charge in [-0.05, 0) is 87.5 Å². The van der Waals surface area contributed by atoms with Crippen molar-refractivity contribution in [1.29, 1.82) is 0 Å². The van der Waals surface area contributed by atoms with Gasteiger partial charge >= 0.3 is 12.0 Å². The summed E-state index contributed by atoms with van der Waals surface area (Å²) >= 11 is 0. The number of aromatic carboxylic acids is 1. The van der Waals surface area contributed by atoms with E-state index in [2.05, 4.69) is 15.5 Å². The molecule has 11 heteroatoms. The van der Waals surface area contributed by atoms with Gasteiger partial charge in [0.15, 0.2) is 0 Å². The Kier molecular flexibility index (Phi) is 13.2. The first kappa shape index (κ1) is 38.3. The van der Waals surface area contributed by atoms with Crippen molar-refractivity contribution < 1.29 is 34.1 Å². The fourth-order valence-corrected chi connectivity index (χ4v) is 6.52. The van der Waals surface area contributed by atoms with E-state index in [-0.39, 0.29) is 36.2 Å². The topological polar surface area (TPSA) is 141 Å². The highest BCUT2D eigenvalue weighted by Crippen LogP contribution is 2.29. The van der Waals surface area contributed by atoms with Gasteiger partial charge in [0.1, 0.15) is 5.75 Å². The number of amides is 3. The van der Waals surface area contributed by atoms with Gasteiger partial charge in [0.25, 0.3) is 5.91 Å². The van der Waals surface area contributed by atoms with E-state index in [9.17, 15) is 24.6 Å². The maximum atomic E-state index is 14.5. The predicted octanol–water partition coefficient (Wildman–Crippen LogP) is 7.11. The average Bonchev–Trinajstić information content (AvgIpc) is 3.13. The monoisotopic (exact) mass is 710 g/mol. The Hall–Kier alpha value is -4.97. The highest BCUT2D eigenvalue weighted by atomic mass is 16.5. The molecule has 276 valence electrons. The molecule has 3 amide bonds. The molecular weight excluding hydrogens is 660 g/mol. The van der Waals surface area contributed by atoms with Crippen LogP contribution < -0.4 is 15.4 Å². The fraction of sp³-hybridized carbons (Fsp3) is 0.390. The lowest BCUT2D eigenvalue weighted by Gasteiger charge is -2.36. The summed E-state index contributed by atoms with van der Waals surface area (Å²) in [5.74, 6) is -0.986. The number of aliphatic hydroxyl groups is 1. The van der Waals surface area contributed by atoms with Crippen LogP contribution in [0.4, 0.5) is 16.2 Å². The highest BCUT2D eigenvalue weighted by Gasteiger charge is 2.30. The van der Waals surface area contributed by atoms with Gasteiger partial charge in [-0.2, -0.15) is 0 Å². The molecule has 0 bridgehead atoms. The van der Waals surface area contributed by atoms with Crippen molar-refractivity contribution in [2.24, 2.45) is 5.92 Å². The maximum Gasteiger partial charge on any atom is 0.335 e. The van der Waals surface area contributed by atoms with Crippen LogP contribution in [0.25, 0.3) is 10.8 Å².